The minimum Gasteiger partial charge on any atom is -0.481 e. The Hall–Kier alpha value is -1.69. The fourth-order valence-corrected chi connectivity index (χ4v) is 4.96. The summed E-state index contributed by atoms with van der Waals surface area (Å²) in [5.41, 5.74) is -0.975. The molecule has 3 aliphatic rings. The van der Waals surface area contributed by atoms with Crippen LogP contribution < -0.4 is 0 Å². The van der Waals surface area contributed by atoms with Crippen LogP contribution in [0, 0.1) is 17.2 Å². The average molecular weight is 314 g/mol. The Morgan fingerprint density at radius 1 is 1.52 bits per heavy atom. The standard InChI is InChI=1S/C17H16BFO4/c18-13(6-10-5-12(19)3-1-9(10)8-20)16(15(21)22)7-11-2-4-14-17(11,16)23-14/h1,3,5,8,11,13-14H,2,4,6-7H2,(H,21,22). The predicted octanol–water partition coefficient (Wildman–Crippen LogP) is 2.16. The van der Waals surface area contributed by atoms with Crippen LogP contribution in [0.2, 0.25) is 5.82 Å². The van der Waals surface area contributed by atoms with Gasteiger partial charge in [-0.25, -0.2) is 4.39 Å². The number of hydrogen-bond acceptors (Lipinski definition) is 3. The molecule has 23 heavy (non-hydrogen) atoms. The van der Waals surface area contributed by atoms with Gasteiger partial charge in [0.2, 0.25) is 0 Å². The summed E-state index contributed by atoms with van der Waals surface area (Å²) in [6, 6.07) is 3.86. The van der Waals surface area contributed by atoms with E-state index in [9.17, 15) is 19.1 Å². The Kier molecular flexibility index (Phi) is 3.02. The number of epoxide rings is 1. The monoisotopic (exact) mass is 314 g/mol. The Morgan fingerprint density at radius 3 is 2.91 bits per heavy atom. The number of hydrogen-bond donors (Lipinski definition) is 1. The summed E-state index contributed by atoms with van der Waals surface area (Å²) in [5.74, 6) is -1.88. The Labute approximate surface area is 134 Å². The molecule has 4 rings (SSSR count). The topological polar surface area (TPSA) is 66.9 Å². The van der Waals surface area contributed by atoms with Crippen molar-refractivity contribution in [1.29, 1.82) is 0 Å². The number of carboxylic acid groups (broad SMARTS) is 1. The minimum absolute atomic E-state index is 0.0125. The van der Waals surface area contributed by atoms with Crippen molar-refractivity contribution >= 4 is 20.1 Å². The van der Waals surface area contributed by atoms with Gasteiger partial charge in [0, 0.05) is 5.56 Å². The largest absolute Gasteiger partial charge is 0.481 e. The molecule has 3 fully saturated rings. The van der Waals surface area contributed by atoms with E-state index >= 15 is 0 Å². The van der Waals surface area contributed by atoms with Gasteiger partial charge in [-0.1, -0.05) is 5.82 Å². The number of carbonyl (C=O) groups excluding carboxylic acids is 1. The van der Waals surface area contributed by atoms with Crippen LogP contribution in [0.25, 0.3) is 0 Å². The minimum atomic E-state index is -1.13. The van der Waals surface area contributed by atoms with Gasteiger partial charge in [0.15, 0.2) is 0 Å². The van der Waals surface area contributed by atoms with E-state index in [4.69, 9.17) is 12.6 Å². The summed E-state index contributed by atoms with van der Waals surface area (Å²) in [5, 5.41) is 9.85. The van der Waals surface area contributed by atoms with Crippen LogP contribution in [0.1, 0.15) is 35.2 Å². The molecule has 2 radical (unpaired) electrons. The molecule has 118 valence electrons. The molecule has 5 unspecified atom stereocenters. The van der Waals surface area contributed by atoms with Crippen LogP contribution in [0.3, 0.4) is 0 Å². The van der Waals surface area contributed by atoms with Gasteiger partial charge < -0.3 is 9.84 Å². The molecule has 1 saturated heterocycles. The number of benzene rings is 1. The number of carbonyl (C=O) groups is 2. The van der Waals surface area contributed by atoms with Gasteiger partial charge in [-0.2, -0.15) is 0 Å². The highest BCUT2D eigenvalue weighted by atomic mass is 19.1. The van der Waals surface area contributed by atoms with Crippen LogP contribution in [0.15, 0.2) is 18.2 Å². The SMILES string of the molecule is [B]C(Cc1cc(F)ccc1C=O)C1(C(=O)O)CC2CCC3OC231. The lowest BCUT2D eigenvalue weighted by Crippen LogP contribution is -2.62. The Bertz CT molecular complexity index is 708. The molecule has 1 spiro atoms. The molecule has 4 nitrogen and oxygen atoms in total. The maximum Gasteiger partial charge on any atom is 0.312 e. The van der Waals surface area contributed by atoms with Crippen LogP contribution >= 0.6 is 0 Å². The third-order valence-corrected chi connectivity index (χ3v) is 6.09. The third kappa shape index (κ3) is 1.70. The third-order valence-electron chi connectivity index (χ3n) is 6.09. The van der Waals surface area contributed by atoms with Crippen molar-refractivity contribution in [3.05, 3.63) is 35.1 Å². The van der Waals surface area contributed by atoms with Crippen molar-refractivity contribution in [1.82, 2.24) is 0 Å². The van der Waals surface area contributed by atoms with Gasteiger partial charge in [0.05, 0.1) is 19.4 Å². The molecule has 1 heterocycles. The summed E-state index contributed by atoms with van der Waals surface area (Å²) < 4.78 is 19.2. The molecule has 6 heteroatoms. The molecule has 0 bridgehead atoms. The molecule has 0 amide bonds. The van der Waals surface area contributed by atoms with Gasteiger partial charge in [-0.15, -0.1) is 0 Å². The number of aldehydes is 1. The summed E-state index contributed by atoms with van der Waals surface area (Å²) in [4.78, 5) is 23.2. The first-order chi connectivity index (χ1) is 11.0. The lowest BCUT2D eigenvalue weighted by Gasteiger charge is -2.53. The van der Waals surface area contributed by atoms with E-state index in [0.717, 1.165) is 12.8 Å². The van der Waals surface area contributed by atoms with Crippen molar-refractivity contribution in [2.75, 3.05) is 0 Å². The van der Waals surface area contributed by atoms with Crippen LogP contribution in [-0.4, -0.2) is 36.9 Å². The second kappa shape index (κ2) is 4.66. The number of ether oxygens (including phenoxy) is 1. The predicted molar refractivity (Wildman–Crippen MR) is 80.0 cm³/mol. The van der Waals surface area contributed by atoms with Crippen molar-refractivity contribution < 1.29 is 23.8 Å². The first-order valence-electron chi connectivity index (χ1n) is 7.86. The second-order valence-electron chi connectivity index (χ2n) is 6.93. The van der Waals surface area contributed by atoms with E-state index in [1.54, 1.807) is 0 Å². The molecule has 1 aliphatic heterocycles. The van der Waals surface area contributed by atoms with Gasteiger partial charge in [-0.3, -0.25) is 9.59 Å². The maximum atomic E-state index is 13.5. The summed E-state index contributed by atoms with van der Waals surface area (Å²) >= 11 is 0. The van der Waals surface area contributed by atoms with Gasteiger partial charge >= 0.3 is 5.97 Å². The fraction of sp³-hybridized carbons (Fsp3) is 0.529. The number of rotatable bonds is 5. The average Bonchev–Trinajstić information content (AvgIpc) is 3.18. The smallest absolute Gasteiger partial charge is 0.312 e. The van der Waals surface area contributed by atoms with Crippen molar-refractivity contribution in [2.24, 2.45) is 11.3 Å². The molecule has 5 atom stereocenters. The van der Waals surface area contributed by atoms with Crippen LogP contribution in [0.5, 0.6) is 0 Å². The van der Waals surface area contributed by atoms with Crippen molar-refractivity contribution in [2.45, 2.75) is 43.2 Å². The van der Waals surface area contributed by atoms with Crippen LogP contribution in [0.4, 0.5) is 4.39 Å². The molecule has 2 aliphatic carbocycles. The first kappa shape index (κ1) is 14.9. The van der Waals surface area contributed by atoms with Crippen molar-refractivity contribution in [3.8, 4) is 0 Å². The number of halogens is 1. The second-order valence-corrected chi connectivity index (χ2v) is 6.93. The van der Waals surface area contributed by atoms with Gasteiger partial charge in [0.25, 0.3) is 0 Å². The van der Waals surface area contributed by atoms with E-state index in [1.807, 2.05) is 0 Å². The van der Waals surface area contributed by atoms with Gasteiger partial charge in [0.1, 0.15) is 17.7 Å². The molecule has 1 N–H and O–H groups in total. The van der Waals surface area contributed by atoms with E-state index in [1.165, 1.54) is 18.2 Å². The highest BCUT2D eigenvalue weighted by Gasteiger charge is 2.85. The zero-order chi connectivity index (χ0) is 16.4. The molecule has 1 aromatic carbocycles. The van der Waals surface area contributed by atoms with Gasteiger partial charge in [-0.05, 0) is 55.4 Å². The summed E-state index contributed by atoms with van der Waals surface area (Å²) in [6.07, 6.45) is 3.12. The number of aliphatic carboxylic acids is 1. The molecule has 2 saturated carbocycles. The van der Waals surface area contributed by atoms with E-state index in [2.05, 4.69) is 0 Å². The zero-order valence-electron chi connectivity index (χ0n) is 12.5. The highest BCUT2D eigenvalue weighted by Crippen LogP contribution is 2.76. The fourth-order valence-electron chi connectivity index (χ4n) is 4.96. The first-order valence-corrected chi connectivity index (χ1v) is 7.86. The molecule has 0 aromatic heterocycles. The Balaban J connectivity index is 1.66. The number of carboxylic acids is 1. The van der Waals surface area contributed by atoms with E-state index < -0.39 is 28.6 Å². The molecular weight excluding hydrogens is 298 g/mol. The molecular formula is C17H16BFO4. The lowest BCUT2D eigenvalue weighted by molar-refractivity contribution is -0.172. The lowest BCUT2D eigenvalue weighted by atomic mass is 9.44. The molecule has 1 aromatic rings. The normalized spacial score (nSPS) is 38.1. The quantitative estimate of drug-likeness (QED) is 0.514. The van der Waals surface area contributed by atoms with Crippen LogP contribution in [-0.2, 0) is 16.0 Å². The zero-order valence-corrected chi connectivity index (χ0v) is 12.5. The van der Waals surface area contributed by atoms with Crippen molar-refractivity contribution in [3.63, 3.8) is 0 Å². The maximum absolute atomic E-state index is 13.5. The summed E-state index contributed by atoms with van der Waals surface area (Å²) in [7, 11) is 6.29. The highest BCUT2D eigenvalue weighted by molar-refractivity contribution is 6.15. The van der Waals surface area contributed by atoms with E-state index in [0.29, 0.717) is 23.8 Å². The summed E-state index contributed by atoms with van der Waals surface area (Å²) in [6.45, 7) is 0. The Morgan fingerprint density at radius 2 is 2.30 bits per heavy atom. The van der Waals surface area contributed by atoms with E-state index in [-0.39, 0.29) is 18.4 Å².